The van der Waals surface area contributed by atoms with E-state index in [1.165, 1.54) is 0 Å². The van der Waals surface area contributed by atoms with E-state index in [4.69, 9.17) is 4.74 Å². The fraction of sp³-hybridized carbons (Fsp3) is 0.278. The summed E-state index contributed by atoms with van der Waals surface area (Å²) in [6, 6.07) is 18.3. The number of likely N-dealkylation sites (tertiary alicyclic amines) is 1. The van der Waals surface area contributed by atoms with Crippen LogP contribution in [0.3, 0.4) is 0 Å². The number of hydrogen-bond acceptors (Lipinski definition) is 2. The first-order valence-electron chi connectivity index (χ1n) is 7.35. The van der Waals surface area contributed by atoms with Crippen molar-refractivity contribution < 1.29 is 9.53 Å². The Labute approximate surface area is 124 Å². The van der Waals surface area contributed by atoms with Crippen molar-refractivity contribution in [3.8, 4) is 0 Å². The molecule has 1 saturated heterocycles. The molecule has 2 aliphatic rings. The number of ether oxygens (including phenoxy) is 1. The molecule has 2 aliphatic heterocycles. The first-order valence-corrected chi connectivity index (χ1v) is 7.35. The van der Waals surface area contributed by atoms with Crippen molar-refractivity contribution in [2.75, 3.05) is 6.54 Å². The average molecular weight is 279 g/mol. The van der Waals surface area contributed by atoms with E-state index in [0.29, 0.717) is 19.7 Å². The summed E-state index contributed by atoms with van der Waals surface area (Å²) < 4.78 is 5.90. The van der Waals surface area contributed by atoms with Crippen LogP contribution in [0.5, 0.6) is 0 Å². The summed E-state index contributed by atoms with van der Waals surface area (Å²) >= 11 is 0. The van der Waals surface area contributed by atoms with Crippen LogP contribution in [-0.2, 0) is 22.7 Å². The third-order valence-corrected chi connectivity index (χ3v) is 4.41. The summed E-state index contributed by atoms with van der Waals surface area (Å²) in [6.07, 6.45) is -0.00360. The number of amides is 1. The fourth-order valence-corrected chi connectivity index (χ4v) is 3.36. The highest BCUT2D eigenvalue weighted by molar-refractivity contribution is 5.87. The van der Waals surface area contributed by atoms with Crippen LogP contribution in [-0.4, -0.2) is 23.5 Å². The molecule has 2 atom stereocenters. The molecule has 0 N–H and O–H groups in total. The Morgan fingerprint density at radius 3 is 2.67 bits per heavy atom. The molecule has 2 aromatic rings. The van der Waals surface area contributed by atoms with Crippen LogP contribution in [0.2, 0.25) is 0 Å². The molecule has 106 valence electrons. The lowest BCUT2D eigenvalue weighted by atomic mass is 9.89. The molecule has 1 amide bonds. The van der Waals surface area contributed by atoms with Gasteiger partial charge in [0.2, 0.25) is 5.91 Å². The SMILES string of the molecule is O=C1[C@H]2c3ccccc3CO[C@H]2CN1Cc1ccccc1. The Morgan fingerprint density at radius 1 is 1.05 bits per heavy atom. The van der Waals surface area contributed by atoms with Crippen molar-refractivity contribution in [3.63, 3.8) is 0 Å². The second-order valence-electron chi connectivity index (χ2n) is 5.73. The molecule has 0 radical (unpaired) electrons. The third kappa shape index (κ3) is 2.14. The molecule has 0 bridgehead atoms. The van der Waals surface area contributed by atoms with Crippen molar-refractivity contribution in [3.05, 3.63) is 71.3 Å². The highest BCUT2D eigenvalue weighted by atomic mass is 16.5. The summed E-state index contributed by atoms with van der Waals surface area (Å²) in [4.78, 5) is 14.7. The minimum Gasteiger partial charge on any atom is -0.371 e. The molecule has 0 aromatic heterocycles. The van der Waals surface area contributed by atoms with Gasteiger partial charge >= 0.3 is 0 Å². The highest BCUT2D eigenvalue weighted by Gasteiger charge is 2.44. The van der Waals surface area contributed by atoms with E-state index in [2.05, 4.69) is 24.3 Å². The lowest BCUT2D eigenvalue weighted by Gasteiger charge is -2.26. The van der Waals surface area contributed by atoms with Crippen molar-refractivity contribution in [2.24, 2.45) is 0 Å². The summed E-state index contributed by atoms with van der Waals surface area (Å²) in [6.45, 7) is 1.97. The summed E-state index contributed by atoms with van der Waals surface area (Å²) in [7, 11) is 0. The van der Waals surface area contributed by atoms with Crippen molar-refractivity contribution in [1.82, 2.24) is 4.90 Å². The number of nitrogens with zero attached hydrogens (tertiary/aromatic N) is 1. The van der Waals surface area contributed by atoms with E-state index in [1.807, 2.05) is 35.2 Å². The van der Waals surface area contributed by atoms with E-state index in [-0.39, 0.29) is 17.9 Å². The summed E-state index contributed by atoms with van der Waals surface area (Å²) in [5.41, 5.74) is 3.46. The summed E-state index contributed by atoms with van der Waals surface area (Å²) in [5, 5.41) is 0. The zero-order chi connectivity index (χ0) is 14.2. The zero-order valence-electron chi connectivity index (χ0n) is 11.7. The molecule has 3 heteroatoms. The molecule has 1 fully saturated rings. The van der Waals surface area contributed by atoms with Crippen LogP contribution in [0.15, 0.2) is 54.6 Å². The molecule has 0 aliphatic carbocycles. The van der Waals surface area contributed by atoms with Crippen LogP contribution < -0.4 is 0 Å². The van der Waals surface area contributed by atoms with Gasteiger partial charge in [0.05, 0.1) is 18.6 Å². The predicted octanol–water partition coefficient (Wildman–Crippen LogP) is 2.71. The maximum Gasteiger partial charge on any atom is 0.233 e. The molecule has 2 aromatic carbocycles. The number of fused-ring (bicyclic) bond motifs is 3. The van der Waals surface area contributed by atoms with Gasteiger partial charge < -0.3 is 9.64 Å². The van der Waals surface area contributed by atoms with Gasteiger partial charge in [0.25, 0.3) is 0 Å². The monoisotopic (exact) mass is 279 g/mol. The molecule has 3 nitrogen and oxygen atoms in total. The van der Waals surface area contributed by atoms with Gasteiger partial charge in [0.15, 0.2) is 0 Å². The lowest BCUT2D eigenvalue weighted by Crippen LogP contribution is -2.28. The number of carbonyl (C=O) groups excluding carboxylic acids is 1. The second kappa shape index (κ2) is 5.01. The number of carbonyl (C=O) groups is 1. The maximum absolute atomic E-state index is 12.8. The number of hydrogen-bond donors (Lipinski definition) is 0. The lowest BCUT2D eigenvalue weighted by molar-refractivity contribution is -0.130. The van der Waals surface area contributed by atoms with Gasteiger partial charge in [0, 0.05) is 13.1 Å². The maximum atomic E-state index is 12.8. The van der Waals surface area contributed by atoms with Crippen molar-refractivity contribution >= 4 is 5.91 Å². The minimum absolute atomic E-state index is 0.00360. The molecule has 4 rings (SSSR count). The van der Waals surface area contributed by atoms with Crippen LogP contribution in [0.25, 0.3) is 0 Å². The normalized spacial score (nSPS) is 23.8. The van der Waals surface area contributed by atoms with Gasteiger partial charge in [-0.25, -0.2) is 0 Å². The second-order valence-corrected chi connectivity index (χ2v) is 5.73. The van der Waals surface area contributed by atoms with Crippen LogP contribution >= 0.6 is 0 Å². The molecular weight excluding hydrogens is 262 g/mol. The zero-order valence-corrected chi connectivity index (χ0v) is 11.7. The van der Waals surface area contributed by atoms with Crippen LogP contribution in [0.4, 0.5) is 0 Å². The Morgan fingerprint density at radius 2 is 1.81 bits per heavy atom. The first-order chi connectivity index (χ1) is 10.3. The molecule has 0 saturated carbocycles. The van der Waals surface area contributed by atoms with Crippen molar-refractivity contribution in [2.45, 2.75) is 25.2 Å². The van der Waals surface area contributed by atoms with E-state index < -0.39 is 0 Å². The van der Waals surface area contributed by atoms with Gasteiger partial charge in [-0.05, 0) is 16.7 Å². The van der Waals surface area contributed by atoms with E-state index >= 15 is 0 Å². The molecule has 0 unspecified atom stereocenters. The predicted molar refractivity (Wildman–Crippen MR) is 79.6 cm³/mol. The van der Waals surface area contributed by atoms with Crippen LogP contribution in [0.1, 0.15) is 22.6 Å². The third-order valence-electron chi connectivity index (χ3n) is 4.41. The Balaban J connectivity index is 1.61. The summed E-state index contributed by atoms with van der Waals surface area (Å²) in [5.74, 6) is 0.0645. The molecule has 2 heterocycles. The largest absolute Gasteiger partial charge is 0.371 e. The Hall–Kier alpha value is -2.13. The quantitative estimate of drug-likeness (QED) is 0.846. The molecule has 21 heavy (non-hydrogen) atoms. The standard InChI is InChI=1S/C18H17NO2/c20-18-17-15-9-5-4-8-14(15)12-21-16(17)11-19(18)10-13-6-2-1-3-7-13/h1-9,16-17H,10-12H2/t16-,17-/m0/s1. The van der Waals surface area contributed by atoms with Gasteiger partial charge in [-0.2, -0.15) is 0 Å². The first kappa shape index (κ1) is 12.6. The average Bonchev–Trinajstić information content (AvgIpc) is 2.85. The Kier molecular flexibility index (Phi) is 3.00. The minimum atomic E-state index is -0.126. The topological polar surface area (TPSA) is 29.5 Å². The molecule has 0 spiro atoms. The van der Waals surface area contributed by atoms with Gasteiger partial charge in [-0.3, -0.25) is 4.79 Å². The fourth-order valence-electron chi connectivity index (χ4n) is 3.36. The molecular formula is C18H17NO2. The smallest absolute Gasteiger partial charge is 0.233 e. The van der Waals surface area contributed by atoms with E-state index in [9.17, 15) is 4.79 Å². The van der Waals surface area contributed by atoms with E-state index in [0.717, 1.165) is 16.7 Å². The Bertz CT molecular complexity index is 668. The van der Waals surface area contributed by atoms with Crippen LogP contribution in [0, 0.1) is 0 Å². The van der Waals surface area contributed by atoms with E-state index in [1.54, 1.807) is 0 Å². The number of rotatable bonds is 2. The van der Waals surface area contributed by atoms with Crippen molar-refractivity contribution in [1.29, 1.82) is 0 Å². The van der Waals surface area contributed by atoms with Gasteiger partial charge in [0.1, 0.15) is 0 Å². The highest BCUT2D eigenvalue weighted by Crippen LogP contribution is 2.37. The van der Waals surface area contributed by atoms with Gasteiger partial charge in [-0.15, -0.1) is 0 Å². The van der Waals surface area contributed by atoms with Gasteiger partial charge in [-0.1, -0.05) is 54.6 Å². The number of benzene rings is 2.